The molecule has 0 rings (SSSR count). The lowest BCUT2D eigenvalue weighted by Crippen LogP contribution is -2.10. The quantitative estimate of drug-likeness (QED) is 0.513. The molecular weight excluding hydrogens is 160 g/mol. The van der Waals surface area contributed by atoms with Crippen LogP contribution in [-0.2, 0) is 4.79 Å². The summed E-state index contributed by atoms with van der Waals surface area (Å²) in [6.45, 7) is 1.23. The van der Waals surface area contributed by atoms with E-state index >= 15 is 0 Å². The van der Waals surface area contributed by atoms with Crippen molar-refractivity contribution in [1.82, 2.24) is 0 Å². The molecule has 0 bridgehead atoms. The highest BCUT2D eigenvalue weighted by Crippen LogP contribution is 2.04. The molecule has 4 nitrogen and oxygen atoms in total. The van der Waals surface area contributed by atoms with Crippen LogP contribution >= 0.6 is 0 Å². The van der Waals surface area contributed by atoms with E-state index in [1.54, 1.807) is 0 Å². The predicted molar refractivity (Wildman–Crippen MR) is 43.7 cm³/mol. The Kier molecular flexibility index (Phi) is 5.32. The third kappa shape index (κ3) is 4.10. The van der Waals surface area contributed by atoms with Crippen LogP contribution in [0, 0.1) is 5.92 Å². The van der Waals surface area contributed by atoms with Crippen molar-refractivity contribution < 1.29 is 20.1 Å². The van der Waals surface area contributed by atoms with Crippen molar-refractivity contribution in [3.63, 3.8) is 0 Å². The van der Waals surface area contributed by atoms with Gasteiger partial charge in [0, 0.05) is 24.7 Å². The number of carboxylic acids is 1. The third-order valence-electron chi connectivity index (χ3n) is 1.61. The summed E-state index contributed by atoms with van der Waals surface area (Å²) in [4.78, 5) is 10.3. The first-order valence-corrected chi connectivity index (χ1v) is 3.73. The van der Waals surface area contributed by atoms with Crippen molar-refractivity contribution in [2.45, 2.75) is 13.3 Å². The standard InChI is InChI=1S/C8H14O4/c1-6(8(11)12)2-3-7(4-9)5-10/h2,7,9-10H,3-5H2,1H3,(H,11,12). The first-order valence-electron chi connectivity index (χ1n) is 3.73. The van der Waals surface area contributed by atoms with Gasteiger partial charge in [-0.1, -0.05) is 6.08 Å². The van der Waals surface area contributed by atoms with E-state index in [9.17, 15) is 4.79 Å². The molecule has 0 heterocycles. The second-order valence-corrected chi connectivity index (χ2v) is 2.66. The molecule has 12 heavy (non-hydrogen) atoms. The molecule has 0 amide bonds. The number of allylic oxidation sites excluding steroid dienone is 1. The first kappa shape index (κ1) is 11.1. The molecule has 0 fully saturated rings. The Morgan fingerprint density at radius 1 is 1.42 bits per heavy atom. The zero-order valence-corrected chi connectivity index (χ0v) is 7.03. The second kappa shape index (κ2) is 5.74. The fourth-order valence-corrected chi connectivity index (χ4v) is 0.638. The summed E-state index contributed by atoms with van der Waals surface area (Å²) in [7, 11) is 0. The lowest BCUT2D eigenvalue weighted by Gasteiger charge is -2.06. The van der Waals surface area contributed by atoms with Crippen LogP contribution < -0.4 is 0 Å². The number of rotatable bonds is 5. The highest BCUT2D eigenvalue weighted by molar-refractivity contribution is 5.85. The van der Waals surface area contributed by atoms with Crippen LogP contribution in [0.1, 0.15) is 13.3 Å². The molecule has 0 aromatic rings. The molecule has 0 aromatic carbocycles. The van der Waals surface area contributed by atoms with E-state index < -0.39 is 5.97 Å². The minimum absolute atomic E-state index is 0.125. The van der Waals surface area contributed by atoms with E-state index in [1.165, 1.54) is 13.0 Å². The summed E-state index contributed by atoms with van der Waals surface area (Å²) < 4.78 is 0. The topological polar surface area (TPSA) is 77.8 Å². The Morgan fingerprint density at radius 2 is 1.92 bits per heavy atom. The molecule has 4 heteroatoms. The molecule has 0 unspecified atom stereocenters. The lowest BCUT2D eigenvalue weighted by atomic mass is 10.1. The Morgan fingerprint density at radius 3 is 2.25 bits per heavy atom. The fraction of sp³-hybridized carbons (Fsp3) is 0.625. The van der Waals surface area contributed by atoms with E-state index in [0.717, 1.165) is 0 Å². The maximum atomic E-state index is 10.3. The Balaban J connectivity index is 3.93. The van der Waals surface area contributed by atoms with Crippen molar-refractivity contribution >= 4 is 5.97 Å². The maximum Gasteiger partial charge on any atom is 0.330 e. The summed E-state index contributed by atoms with van der Waals surface area (Å²) in [5.41, 5.74) is 0.238. The zero-order valence-electron chi connectivity index (χ0n) is 7.03. The van der Waals surface area contributed by atoms with Crippen molar-refractivity contribution in [3.05, 3.63) is 11.6 Å². The Labute approximate surface area is 71.1 Å². The Hall–Kier alpha value is -0.870. The van der Waals surface area contributed by atoms with Gasteiger partial charge in [-0.2, -0.15) is 0 Å². The van der Waals surface area contributed by atoms with E-state index in [0.29, 0.717) is 6.42 Å². The van der Waals surface area contributed by atoms with Crippen LogP contribution in [0.4, 0.5) is 0 Å². The van der Waals surface area contributed by atoms with Gasteiger partial charge in [-0.05, 0) is 13.3 Å². The van der Waals surface area contributed by atoms with Crippen LogP contribution in [0.2, 0.25) is 0 Å². The second-order valence-electron chi connectivity index (χ2n) is 2.66. The molecular formula is C8H14O4. The molecule has 0 aromatic heterocycles. The number of carbonyl (C=O) groups is 1. The number of hydrogen-bond acceptors (Lipinski definition) is 3. The summed E-state index contributed by atoms with van der Waals surface area (Å²) in [6.07, 6.45) is 1.89. The third-order valence-corrected chi connectivity index (χ3v) is 1.61. The maximum absolute atomic E-state index is 10.3. The van der Waals surface area contributed by atoms with Gasteiger partial charge in [0.1, 0.15) is 0 Å². The van der Waals surface area contributed by atoms with Gasteiger partial charge >= 0.3 is 5.97 Å². The summed E-state index contributed by atoms with van der Waals surface area (Å²) in [6, 6.07) is 0. The van der Waals surface area contributed by atoms with E-state index in [2.05, 4.69) is 0 Å². The van der Waals surface area contributed by atoms with Crippen LogP contribution in [0.25, 0.3) is 0 Å². The molecule has 0 radical (unpaired) electrons. The molecule has 0 aliphatic heterocycles. The number of aliphatic hydroxyl groups excluding tert-OH is 2. The molecule has 0 spiro atoms. The highest BCUT2D eigenvalue weighted by Gasteiger charge is 2.05. The average molecular weight is 174 g/mol. The highest BCUT2D eigenvalue weighted by atomic mass is 16.4. The normalized spacial score (nSPS) is 12.2. The smallest absolute Gasteiger partial charge is 0.330 e. The van der Waals surface area contributed by atoms with Crippen molar-refractivity contribution in [2.75, 3.05) is 13.2 Å². The zero-order chi connectivity index (χ0) is 9.56. The first-order chi connectivity index (χ1) is 5.61. The lowest BCUT2D eigenvalue weighted by molar-refractivity contribution is -0.132. The fourth-order valence-electron chi connectivity index (χ4n) is 0.638. The van der Waals surface area contributed by atoms with Crippen molar-refractivity contribution in [3.8, 4) is 0 Å². The largest absolute Gasteiger partial charge is 0.478 e. The summed E-state index contributed by atoms with van der Waals surface area (Å²) >= 11 is 0. The molecule has 3 N–H and O–H groups in total. The minimum Gasteiger partial charge on any atom is -0.478 e. The minimum atomic E-state index is -0.968. The Bertz CT molecular complexity index is 170. The average Bonchev–Trinajstić information content (AvgIpc) is 2.05. The van der Waals surface area contributed by atoms with E-state index in [-0.39, 0.29) is 24.7 Å². The molecule has 0 aliphatic rings. The monoisotopic (exact) mass is 174 g/mol. The van der Waals surface area contributed by atoms with Crippen LogP contribution in [-0.4, -0.2) is 34.5 Å². The number of aliphatic carboxylic acids is 1. The van der Waals surface area contributed by atoms with Gasteiger partial charge in [0.05, 0.1) is 0 Å². The molecule has 70 valence electrons. The molecule has 0 saturated carbocycles. The molecule has 0 atom stereocenters. The molecule has 0 saturated heterocycles. The van der Waals surface area contributed by atoms with Gasteiger partial charge in [0.15, 0.2) is 0 Å². The van der Waals surface area contributed by atoms with Crippen LogP contribution in [0.15, 0.2) is 11.6 Å². The van der Waals surface area contributed by atoms with Gasteiger partial charge in [-0.3, -0.25) is 0 Å². The summed E-state index contributed by atoms with van der Waals surface area (Å²) in [5, 5.41) is 25.7. The van der Waals surface area contributed by atoms with Gasteiger partial charge in [-0.15, -0.1) is 0 Å². The van der Waals surface area contributed by atoms with Crippen molar-refractivity contribution in [1.29, 1.82) is 0 Å². The number of carboxylic acid groups (broad SMARTS) is 1. The number of hydrogen-bond donors (Lipinski definition) is 3. The summed E-state index contributed by atoms with van der Waals surface area (Å²) in [5.74, 6) is -1.22. The van der Waals surface area contributed by atoms with Gasteiger partial charge in [0.2, 0.25) is 0 Å². The predicted octanol–water partition coefficient (Wildman–Crippen LogP) is 0.00820. The SMILES string of the molecule is CC(=CCC(CO)CO)C(=O)O. The van der Waals surface area contributed by atoms with Gasteiger partial charge < -0.3 is 15.3 Å². The van der Waals surface area contributed by atoms with Crippen LogP contribution in [0.3, 0.4) is 0 Å². The van der Waals surface area contributed by atoms with Crippen LogP contribution in [0.5, 0.6) is 0 Å². The molecule has 0 aliphatic carbocycles. The van der Waals surface area contributed by atoms with Crippen molar-refractivity contribution in [2.24, 2.45) is 5.92 Å². The van der Waals surface area contributed by atoms with Gasteiger partial charge in [0.25, 0.3) is 0 Å². The van der Waals surface area contributed by atoms with E-state index in [4.69, 9.17) is 15.3 Å². The number of aliphatic hydroxyl groups is 2. The van der Waals surface area contributed by atoms with E-state index in [1.807, 2.05) is 0 Å². The van der Waals surface area contributed by atoms with Gasteiger partial charge in [-0.25, -0.2) is 4.79 Å².